The highest BCUT2D eigenvalue weighted by Crippen LogP contribution is 2.38. The minimum Gasteiger partial charge on any atom is -0.311 e. The van der Waals surface area contributed by atoms with Gasteiger partial charge in [-0.05, 0) is 82.9 Å². The van der Waals surface area contributed by atoms with Crippen LogP contribution < -0.4 is 4.90 Å². The van der Waals surface area contributed by atoms with E-state index in [0.29, 0.717) is 0 Å². The van der Waals surface area contributed by atoms with Crippen LogP contribution in [0.5, 0.6) is 0 Å². The first kappa shape index (κ1) is 25.8. The van der Waals surface area contributed by atoms with Crippen molar-refractivity contribution in [3.05, 3.63) is 182 Å². The first-order chi connectivity index (χ1) is 21.8. The molecule has 0 N–H and O–H groups in total. The quantitative estimate of drug-likeness (QED) is 0.196. The molecule has 0 bridgehead atoms. The summed E-state index contributed by atoms with van der Waals surface area (Å²) < 4.78 is 2.39. The Labute approximate surface area is 257 Å². The van der Waals surface area contributed by atoms with Crippen LogP contribution in [0.3, 0.4) is 0 Å². The fourth-order valence-corrected chi connectivity index (χ4v) is 6.27. The zero-order valence-electron chi connectivity index (χ0n) is 24.2. The van der Waals surface area contributed by atoms with E-state index in [-0.39, 0.29) is 0 Å². The van der Waals surface area contributed by atoms with Crippen LogP contribution in [-0.2, 0) is 0 Å². The minimum absolute atomic E-state index is 1.11. The summed E-state index contributed by atoms with van der Waals surface area (Å²) in [6, 6.07) is 65.0. The molecule has 208 valence electrons. The standard InChI is InChI=1S/C42H30N2/c1-4-12-31(13-5-1)33-20-23-36(24-21-33)43(35-16-8-3-9-17-35)37-25-27-38(28-26-37)44-41-19-11-10-18-39(41)40-29-22-34(30-42(40)44)32-14-6-2-7-15-32/h1-30H. The first-order valence-corrected chi connectivity index (χ1v) is 15.0. The molecule has 0 radical (unpaired) electrons. The molecule has 1 aromatic heterocycles. The predicted molar refractivity (Wildman–Crippen MR) is 186 cm³/mol. The molecule has 0 amide bonds. The number of hydrogen-bond donors (Lipinski definition) is 0. The number of anilines is 3. The summed E-state index contributed by atoms with van der Waals surface area (Å²) in [5, 5.41) is 2.52. The van der Waals surface area contributed by atoms with Crippen LogP contribution in [0.15, 0.2) is 182 Å². The van der Waals surface area contributed by atoms with Crippen LogP contribution in [-0.4, -0.2) is 4.57 Å². The van der Waals surface area contributed by atoms with Gasteiger partial charge in [0, 0.05) is 33.5 Å². The average molecular weight is 563 g/mol. The summed E-state index contributed by atoms with van der Waals surface area (Å²) in [5.74, 6) is 0. The van der Waals surface area contributed by atoms with Crippen molar-refractivity contribution < 1.29 is 0 Å². The minimum atomic E-state index is 1.11. The molecule has 0 saturated heterocycles. The number of rotatable bonds is 6. The van der Waals surface area contributed by atoms with Gasteiger partial charge in [-0.3, -0.25) is 0 Å². The summed E-state index contributed by atoms with van der Waals surface area (Å²) in [6.07, 6.45) is 0. The summed E-state index contributed by atoms with van der Waals surface area (Å²) >= 11 is 0. The summed E-state index contributed by atoms with van der Waals surface area (Å²) in [7, 11) is 0. The van der Waals surface area contributed by atoms with Gasteiger partial charge in [0.1, 0.15) is 0 Å². The van der Waals surface area contributed by atoms with E-state index >= 15 is 0 Å². The molecular formula is C42H30N2. The number of nitrogens with zero attached hydrogens (tertiary/aromatic N) is 2. The van der Waals surface area contributed by atoms with Gasteiger partial charge in [0.15, 0.2) is 0 Å². The van der Waals surface area contributed by atoms with Gasteiger partial charge in [0.25, 0.3) is 0 Å². The lowest BCUT2D eigenvalue weighted by atomic mass is 10.0. The maximum atomic E-state index is 2.39. The maximum Gasteiger partial charge on any atom is 0.0547 e. The van der Waals surface area contributed by atoms with E-state index in [1.165, 1.54) is 44.1 Å². The normalized spacial score (nSPS) is 11.2. The Morgan fingerprint density at radius 1 is 0.318 bits per heavy atom. The molecule has 1 heterocycles. The van der Waals surface area contributed by atoms with Crippen molar-refractivity contribution in [1.29, 1.82) is 0 Å². The molecule has 0 aliphatic carbocycles. The molecule has 0 fully saturated rings. The summed E-state index contributed by atoms with van der Waals surface area (Å²) in [4.78, 5) is 2.32. The van der Waals surface area contributed by atoms with Crippen molar-refractivity contribution in [2.75, 3.05) is 4.90 Å². The number of para-hydroxylation sites is 2. The van der Waals surface area contributed by atoms with Crippen molar-refractivity contribution in [2.45, 2.75) is 0 Å². The Balaban J connectivity index is 1.23. The van der Waals surface area contributed by atoms with Crippen molar-refractivity contribution in [2.24, 2.45) is 0 Å². The SMILES string of the molecule is c1ccc(-c2ccc(N(c3ccccc3)c3ccc(-n4c5ccccc5c5ccc(-c6ccccc6)cc54)cc3)cc2)cc1. The Morgan fingerprint density at radius 3 is 1.43 bits per heavy atom. The van der Waals surface area contributed by atoms with Crippen LogP contribution in [0, 0.1) is 0 Å². The molecule has 0 aliphatic heterocycles. The molecule has 0 spiro atoms. The highest BCUT2D eigenvalue weighted by Gasteiger charge is 2.16. The third kappa shape index (κ3) is 4.63. The third-order valence-electron chi connectivity index (χ3n) is 8.39. The molecule has 2 nitrogen and oxygen atoms in total. The second-order valence-electron chi connectivity index (χ2n) is 11.1. The largest absolute Gasteiger partial charge is 0.311 e. The van der Waals surface area contributed by atoms with Gasteiger partial charge in [0.05, 0.1) is 11.0 Å². The van der Waals surface area contributed by atoms with E-state index in [2.05, 4.69) is 191 Å². The van der Waals surface area contributed by atoms with Crippen LogP contribution in [0.1, 0.15) is 0 Å². The summed E-state index contributed by atoms with van der Waals surface area (Å²) in [6.45, 7) is 0. The van der Waals surface area contributed by atoms with Gasteiger partial charge < -0.3 is 9.47 Å². The van der Waals surface area contributed by atoms with Crippen LogP contribution in [0.25, 0.3) is 49.7 Å². The lowest BCUT2D eigenvalue weighted by molar-refractivity contribution is 1.17. The van der Waals surface area contributed by atoms with E-state index in [0.717, 1.165) is 22.7 Å². The van der Waals surface area contributed by atoms with Crippen molar-refractivity contribution in [1.82, 2.24) is 4.57 Å². The molecule has 2 heteroatoms. The van der Waals surface area contributed by atoms with E-state index in [1.807, 2.05) is 0 Å². The second-order valence-corrected chi connectivity index (χ2v) is 11.1. The van der Waals surface area contributed by atoms with Gasteiger partial charge in [-0.1, -0.05) is 121 Å². The van der Waals surface area contributed by atoms with Gasteiger partial charge >= 0.3 is 0 Å². The molecular weight excluding hydrogens is 532 g/mol. The Kier molecular flexibility index (Phi) is 6.51. The smallest absolute Gasteiger partial charge is 0.0547 e. The molecule has 8 rings (SSSR count). The molecule has 0 saturated carbocycles. The maximum absolute atomic E-state index is 2.39. The molecule has 8 aromatic rings. The van der Waals surface area contributed by atoms with Gasteiger partial charge in [-0.25, -0.2) is 0 Å². The Morgan fingerprint density at radius 2 is 0.773 bits per heavy atom. The Hall–Kier alpha value is -5.86. The van der Waals surface area contributed by atoms with Crippen LogP contribution in [0.4, 0.5) is 17.1 Å². The van der Waals surface area contributed by atoms with E-state index < -0.39 is 0 Å². The Bertz CT molecular complexity index is 2180. The number of aromatic nitrogens is 1. The number of fused-ring (bicyclic) bond motifs is 3. The zero-order chi connectivity index (χ0) is 29.3. The second kappa shape index (κ2) is 11.1. The number of benzene rings is 7. The molecule has 44 heavy (non-hydrogen) atoms. The van der Waals surface area contributed by atoms with Crippen molar-refractivity contribution in [3.8, 4) is 27.9 Å². The van der Waals surface area contributed by atoms with Gasteiger partial charge in [-0.15, -0.1) is 0 Å². The molecule has 0 atom stereocenters. The predicted octanol–water partition coefficient (Wildman–Crippen LogP) is 11.6. The number of hydrogen-bond acceptors (Lipinski definition) is 1. The van der Waals surface area contributed by atoms with Crippen LogP contribution in [0.2, 0.25) is 0 Å². The highest BCUT2D eigenvalue weighted by atomic mass is 15.1. The van der Waals surface area contributed by atoms with Gasteiger partial charge in [0.2, 0.25) is 0 Å². The lowest BCUT2D eigenvalue weighted by Gasteiger charge is -2.26. The highest BCUT2D eigenvalue weighted by molar-refractivity contribution is 6.10. The van der Waals surface area contributed by atoms with Crippen LogP contribution >= 0.6 is 0 Å². The van der Waals surface area contributed by atoms with E-state index in [9.17, 15) is 0 Å². The molecule has 0 aliphatic rings. The zero-order valence-corrected chi connectivity index (χ0v) is 24.2. The third-order valence-corrected chi connectivity index (χ3v) is 8.39. The first-order valence-electron chi connectivity index (χ1n) is 15.0. The molecule has 0 unspecified atom stereocenters. The summed E-state index contributed by atoms with van der Waals surface area (Å²) in [5.41, 5.74) is 11.8. The van der Waals surface area contributed by atoms with Gasteiger partial charge in [-0.2, -0.15) is 0 Å². The molecule has 7 aromatic carbocycles. The lowest BCUT2D eigenvalue weighted by Crippen LogP contribution is -2.10. The average Bonchev–Trinajstić information content (AvgIpc) is 3.44. The topological polar surface area (TPSA) is 8.17 Å². The van der Waals surface area contributed by atoms with E-state index in [4.69, 9.17) is 0 Å². The fraction of sp³-hybridized carbons (Fsp3) is 0. The van der Waals surface area contributed by atoms with Crippen molar-refractivity contribution >= 4 is 38.9 Å². The van der Waals surface area contributed by atoms with Crippen molar-refractivity contribution in [3.63, 3.8) is 0 Å². The van der Waals surface area contributed by atoms with E-state index in [1.54, 1.807) is 0 Å². The fourth-order valence-electron chi connectivity index (χ4n) is 6.27. The monoisotopic (exact) mass is 562 g/mol.